The molecule has 0 bridgehead atoms. The van der Waals surface area contributed by atoms with E-state index in [4.69, 9.17) is 10.6 Å². The van der Waals surface area contributed by atoms with Gasteiger partial charge in [-0.05, 0) is 31.2 Å². The highest BCUT2D eigenvalue weighted by Gasteiger charge is 2.08. The first-order valence-corrected chi connectivity index (χ1v) is 5.64. The number of nitrogen functional groups attached to an aromatic ring is 1. The van der Waals surface area contributed by atoms with E-state index in [0.717, 1.165) is 27.0 Å². The fraction of sp³-hybridized carbons (Fsp3) is 0.182. The van der Waals surface area contributed by atoms with E-state index in [1.807, 2.05) is 31.2 Å². The van der Waals surface area contributed by atoms with Crippen molar-refractivity contribution in [2.45, 2.75) is 6.92 Å². The monoisotopic (exact) mass is 235 g/mol. The molecule has 0 spiro atoms. The molecule has 5 heteroatoms. The minimum Gasteiger partial charge on any atom is -0.497 e. The van der Waals surface area contributed by atoms with Crippen LogP contribution in [0.4, 0.5) is 5.13 Å². The summed E-state index contributed by atoms with van der Waals surface area (Å²) in [6.07, 6.45) is 0. The number of nitrogens with zero attached hydrogens (tertiary/aromatic N) is 1. The van der Waals surface area contributed by atoms with Gasteiger partial charge in [0.2, 0.25) is 0 Å². The van der Waals surface area contributed by atoms with E-state index in [9.17, 15) is 0 Å². The molecule has 1 heterocycles. The van der Waals surface area contributed by atoms with Gasteiger partial charge < -0.3 is 4.74 Å². The highest BCUT2D eigenvalue weighted by molar-refractivity contribution is 7.15. The zero-order valence-corrected chi connectivity index (χ0v) is 9.97. The quantitative estimate of drug-likeness (QED) is 0.633. The van der Waals surface area contributed by atoms with Crippen molar-refractivity contribution >= 4 is 16.5 Å². The van der Waals surface area contributed by atoms with Crippen LogP contribution in [-0.4, -0.2) is 12.1 Å². The molecule has 16 heavy (non-hydrogen) atoms. The summed E-state index contributed by atoms with van der Waals surface area (Å²) in [7, 11) is 1.65. The number of anilines is 1. The van der Waals surface area contributed by atoms with Crippen LogP contribution in [0.5, 0.6) is 5.75 Å². The smallest absolute Gasteiger partial charge is 0.197 e. The van der Waals surface area contributed by atoms with E-state index in [1.54, 1.807) is 18.4 Å². The lowest BCUT2D eigenvalue weighted by molar-refractivity contribution is 0.415. The van der Waals surface area contributed by atoms with Gasteiger partial charge in [0, 0.05) is 10.4 Å². The van der Waals surface area contributed by atoms with E-state index in [-0.39, 0.29) is 0 Å². The van der Waals surface area contributed by atoms with E-state index in [0.29, 0.717) is 0 Å². The summed E-state index contributed by atoms with van der Waals surface area (Å²) in [6, 6.07) is 7.82. The van der Waals surface area contributed by atoms with Crippen LogP contribution in [0, 0.1) is 6.92 Å². The summed E-state index contributed by atoms with van der Waals surface area (Å²) >= 11 is 1.54. The standard InChI is InChI=1S/C11H13N3OS/c1-7-10(13-11(14-12)16-7)8-3-5-9(15-2)6-4-8/h3-6H,12H2,1-2H3,(H,13,14). The third kappa shape index (κ3) is 2.00. The summed E-state index contributed by atoms with van der Waals surface area (Å²) in [5.74, 6) is 6.18. The molecule has 0 fully saturated rings. The number of hydrogen-bond acceptors (Lipinski definition) is 5. The van der Waals surface area contributed by atoms with Crippen molar-refractivity contribution in [2.75, 3.05) is 12.5 Å². The van der Waals surface area contributed by atoms with Gasteiger partial charge in [0.15, 0.2) is 5.13 Å². The molecule has 0 saturated heterocycles. The van der Waals surface area contributed by atoms with Crippen molar-refractivity contribution in [1.82, 2.24) is 4.98 Å². The molecule has 0 radical (unpaired) electrons. The number of aryl methyl sites for hydroxylation is 1. The van der Waals surface area contributed by atoms with Crippen LogP contribution in [0.1, 0.15) is 4.88 Å². The second-order valence-corrected chi connectivity index (χ2v) is 4.50. The normalized spacial score (nSPS) is 10.2. The molecule has 4 nitrogen and oxygen atoms in total. The average Bonchev–Trinajstić information content (AvgIpc) is 2.71. The SMILES string of the molecule is COc1ccc(-c2nc(NN)sc2C)cc1. The molecule has 1 aromatic carbocycles. The molecule has 3 N–H and O–H groups in total. The fourth-order valence-electron chi connectivity index (χ4n) is 1.47. The molecule has 0 aliphatic rings. The number of ether oxygens (including phenoxy) is 1. The molecule has 84 valence electrons. The van der Waals surface area contributed by atoms with E-state index >= 15 is 0 Å². The molecule has 0 saturated carbocycles. The minimum atomic E-state index is 0.725. The van der Waals surface area contributed by atoms with Crippen LogP contribution in [0.2, 0.25) is 0 Å². The number of hydrazine groups is 1. The van der Waals surface area contributed by atoms with Crippen molar-refractivity contribution in [1.29, 1.82) is 0 Å². The van der Waals surface area contributed by atoms with Crippen LogP contribution in [0.3, 0.4) is 0 Å². The van der Waals surface area contributed by atoms with Crippen LogP contribution in [0.15, 0.2) is 24.3 Å². The van der Waals surface area contributed by atoms with Crippen LogP contribution in [0.25, 0.3) is 11.3 Å². The summed E-state index contributed by atoms with van der Waals surface area (Å²) < 4.78 is 5.11. The fourth-order valence-corrected chi connectivity index (χ4v) is 2.22. The van der Waals surface area contributed by atoms with Crippen molar-refractivity contribution in [3.63, 3.8) is 0 Å². The average molecular weight is 235 g/mol. The Kier molecular flexibility index (Phi) is 3.07. The molecule has 0 aliphatic carbocycles. The van der Waals surface area contributed by atoms with Crippen LogP contribution >= 0.6 is 11.3 Å². The molecule has 1 aromatic heterocycles. The summed E-state index contributed by atoms with van der Waals surface area (Å²) in [4.78, 5) is 5.53. The number of benzene rings is 1. The number of rotatable bonds is 3. The number of aromatic nitrogens is 1. The molecule has 0 unspecified atom stereocenters. The Morgan fingerprint density at radius 2 is 2.00 bits per heavy atom. The van der Waals surface area contributed by atoms with Crippen molar-refractivity contribution in [2.24, 2.45) is 5.84 Å². The molecule has 2 aromatic rings. The Balaban J connectivity index is 2.38. The van der Waals surface area contributed by atoms with Crippen LogP contribution in [-0.2, 0) is 0 Å². The lowest BCUT2D eigenvalue weighted by atomic mass is 10.1. The van der Waals surface area contributed by atoms with Gasteiger partial charge in [-0.15, -0.1) is 11.3 Å². The number of nitrogens with one attached hydrogen (secondary N) is 1. The van der Waals surface area contributed by atoms with Gasteiger partial charge in [-0.2, -0.15) is 0 Å². The topological polar surface area (TPSA) is 60.2 Å². The highest BCUT2D eigenvalue weighted by atomic mass is 32.1. The predicted molar refractivity (Wildman–Crippen MR) is 66.6 cm³/mol. The zero-order chi connectivity index (χ0) is 11.5. The number of nitrogens with two attached hydrogens (primary N) is 1. The van der Waals surface area contributed by atoms with Crippen molar-refractivity contribution in [3.05, 3.63) is 29.1 Å². The van der Waals surface area contributed by atoms with Crippen LogP contribution < -0.4 is 16.0 Å². The number of thiazole rings is 1. The van der Waals surface area contributed by atoms with E-state index in [2.05, 4.69) is 10.4 Å². The Hall–Kier alpha value is -1.59. The number of methoxy groups -OCH3 is 1. The number of hydrogen-bond donors (Lipinski definition) is 2. The molecule has 0 aliphatic heterocycles. The van der Waals surface area contributed by atoms with Gasteiger partial charge in [-0.3, -0.25) is 5.43 Å². The minimum absolute atomic E-state index is 0.725. The molecular weight excluding hydrogens is 222 g/mol. The van der Waals surface area contributed by atoms with Crippen molar-refractivity contribution < 1.29 is 4.74 Å². The maximum absolute atomic E-state index is 5.33. The lowest BCUT2D eigenvalue weighted by Gasteiger charge is -2.01. The van der Waals surface area contributed by atoms with Gasteiger partial charge in [-0.25, -0.2) is 10.8 Å². The van der Waals surface area contributed by atoms with Gasteiger partial charge in [0.25, 0.3) is 0 Å². The first-order valence-electron chi connectivity index (χ1n) is 4.83. The molecule has 0 amide bonds. The lowest BCUT2D eigenvalue weighted by Crippen LogP contribution is -2.05. The third-order valence-corrected chi connectivity index (χ3v) is 3.19. The largest absolute Gasteiger partial charge is 0.497 e. The second kappa shape index (κ2) is 4.51. The van der Waals surface area contributed by atoms with Gasteiger partial charge >= 0.3 is 0 Å². The van der Waals surface area contributed by atoms with Gasteiger partial charge in [0.1, 0.15) is 5.75 Å². The zero-order valence-electron chi connectivity index (χ0n) is 9.15. The summed E-state index contributed by atoms with van der Waals surface area (Å²) in [5, 5.41) is 0.725. The van der Waals surface area contributed by atoms with Gasteiger partial charge in [-0.1, -0.05) is 0 Å². The Morgan fingerprint density at radius 3 is 2.50 bits per heavy atom. The molecule has 0 atom stereocenters. The first kappa shape index (κ1) is 10.9. The molecular formula is C11H13N3OS. The van der Waals surface area contributed by atoms with Gasteiger partial charge in [0.05, 0.1) is 12.8 Å². The second-order valence-electron chi connectivity index (χ2n) is 3.30. The Bertz CT molecular complexity index is 478. The Morgan fingerprint density at radius 1 is 1.31 bits per heavy atom. The highest BCUT2D eigenvalue weighted by Crippen LogP contribution is 2.30. The van der Waals surface area contributed by atoms with Crippen molar-refractivity contribution in [3.8, 4) is 17.0 Å². The maximum atomic E-state index is 5.33. The third-order valence-electron chi connectivity index (χ3n) is 2.28. The first-order chi connectivity index (χ1) is 7.74. The predicted octanol–water partition coefficient (Wildman–Crippen LogP) is 2.41. The summed E-state index contributed by atoms with van der Waals surface area (Å²) in [6.45, 7) is 2.03. The maximum Gasteiger partial charge on any atom is 0.197 e. The van der Waals surface area contributed by atoms with E-state index in [1.165, 1.54) is 0 Å². The summed E-state index contributed by atoms with van der Waals surface area (Å²) in [5.41, 5.74) is 4.59. The Labute approximate surface area is 98.1 Å². The molecule has 2 rings (SSSR count). The van der Waals surface area contributed by atoms with E-state index < -0.39 is 0 Å².